The Kier molecular flexibility index (Phi) is 4.56. The molecule has 1 amide bonds. The number of fused-ring (bicyclic) bond motifs is 1. The SMILES string of the molecule is O=C(Nc1nccs1)c1cccc2[nH]c(-c3ccc(Cl)cc3C(F)(F)F)nc12. The lowest BCUT2D eigenvalue weighted by Crippen LogP contribution is -2.12. The Morgan fingerprint density at radius 2 is 2.04 bits per heavy atom. The number of aromatic amines is 1. The summed E-state index contributed by atoms with van der Waals surface area (Å²) in [5, 5.41) is 4.73. The molecule has 0 spiro atoms. The number of imidazole rings is 1. The zero-order chi connectivity index (χ0) is 19.9. The van der Waals surface area contributed by atoms with E-state index in [4.69, 9.17) is 11.6 Å². The number of nitrogens with one attached hydrogen (secondary N) is 2. The van der Waals surface area contributed by atoms with Crippen molar-refractivity contribution in [1.29, 1.82) is 0 Å². The number of para-hydroxylation sites is 1. The summed E-state index contributed by atoms with van der Waals surface area (Å²) < 4.78 is 40.3. The topological polar surface area (TPSA) is 70.7 Å². The zero-order valence-electron chi connectivity index (χ0n) is 13.8. The summed E-state index contributed by atoms with van der Waals surface area (Å²) >= 11 is 6.99. The third-order valence-electron chi connectivity index (χ3n) is 3.95. The highest BCUT2D eigenvalue weighted by Gasteiger charge is 2.34. The first kappa shape index (κ1) is 18.5. The van der Waals surface area contributed by atoms with Crippen molar-refractivity contribution in [1.82, 2.24) is 15.0 Å². The number of benzene rings is 2. The normalized spacial score (nSPS) is 11.7. The Labute approximate surface area is 165 Å². The lowest BCUT2D eigenvalue weighted by Gasteiger charge is -2.11. The van der Waals surface area contributed by atoms with Gasteiger partial charge in [-0.05, 0) is 30.3 Å². The maximum atomic E-state index is 13.4. The van der Waals surface area contributed by atoms with E-state index in [0.29, 0.717) is 10.6 Å². The number of alkyl halides is 3. The van der Waals surface area contributed by atoms with Gasteiger partial charge in [0, 0.05) is 22.2 Å². The first-order valence-electron chi connectivity index (χ1n) is 7.89. The van der Waals surface area contributed by atoms with Gasteiger partial charge in [-0.3, -0.25) is 10.1 Å². The Morgan fingerprint density at radius 1 is 1.21 bits per heavy atom. The van der Waals surface area contributed by atoms with Crippen molar-refractivity contribution < 1.29 is 18.0 Å². The van der Waals surface area contributed by atoms with Gasteiger partial charge in [0.2, 0.25) is 0 Å². The van der Waals surface area contributed by atoms with E-state index in [0.717, 1.165) is 6.07 Å². The molecule has 0 fully saturated rings. The van der Waals surface area contributed by atoms with E-state index in [2.05, 4.69) is 20.3 Å². The van der Waals surface area contributed by atoms with Crippen LogP contribution in [-0.4, -0.2) is 20.9 Å². The van der Waals surface area contributed by atoms with Crippen LogP contribution in [0.5, 0.6) is 0 Å². The molecule has 28 heavy (non-hydrogen) atoms. The maximum absolute atomic E-state index is 13.4. The highest BCUT2D eigenvalue weighted by molar-refractivity contribution is 7.13. The van der Waals surface area contributed by atoms with E-state index in [9.17, 15) is 18.0 Å². The smallest absolute Gasteiger partial charge is 0.338 e. The fourth-order valence-electron chi connectivity index (χ4n) is 2.75. The Balaban J connectivity index is 1.81. The molecule has 0 radical (unpaired) electrons. The molecular weight excluding hydrogens is 413 g/mol. The number of nitrogens with zero attached hydrogens (tertiary/aromatic N) is 2. The molecule has 0 unspecified atom stereocenters. The molecule has 0 atom stereocenters. The van der Waals surface area contributed by atoms with E-state index in [-0.39, 0.29) is 27.5 Å². The molecule has 0 aliphatic carbocycles. The molecule has 10 heteroatoms. The van der Waals surface area contributed by atoms with Gasteiger partial charge in [-0.2, -0.15) is 13.2 Å². The van der Waals surface area contributed by atoms with Crippen LogP contribution >= 0.6 is 22.9 Å². The zero-order valence-corrected chi connectivity index (χ0v) is 15.4. The summed E-state index contributed by atoms with van der Waals surface area (Å²) in [6.07, 6.45) is -3.06. The average molecular weight is 423 g/mol. The number of halogens is 4. The predicted molar refractivity (Wildman–Crippen MR) is 102 cm³/mol. The summed E-state index contributed by atoms with van der Waals surface area (Å²) in [5.41, 5.74) is -0.149. The van der Waals surface area contributed by atoms with Gasteiger partial charge in [0.15, 0.2) is 5.13 Å². The number of hydrogen-bond acceptors (Lipinski definition) is 4. The van der Waals surface area contributed by atoms with Crippen LogP contribution in [0, 0.1) is 0 Å². The quantitative estimate of drug-likeness (QED) is 0.450. The van der Waals surface area contributed by atoms with E-state index in [1.54, 1.807) is 29.8 Å². The van der Waals surface area contributed by atoms with Crippen LogP contribution in [0.1, 0.15) is 15.9 Å². The Morgan fingerprint density at radius 3 is 2.75 bits per heavy atom. The summed E-state index contributed by atoms with van der Waals surface area (Å²) in [5.74, 6) is -0.459. The third-order valence-corrected chi connectivity index (χ3v) is 4.88. The first-order chi connectivity index (χ1) is 13.3. The third kappa shape index (κ3) is 3.46. The van der Waals surface area contributed by atoms with Crippen molar-refractivity contribution >= 4 is 45.0 Å². The van der Waals surface area contributed by atoms with Crippen molar-refractivity contribution in [3.63, 3.8) is 0 Å². The predicted octanol–water partition coefficient (Wildman–Crippen LogP) is 5.61. The lowest BCUT2D eigenvalue weighted by molar-refractivity contribution is -0.137. The number of H-pyrrole nitrogens is 1. The van der Waals surface area contributed by atoms with Gasteiger partial charge in [0.05, 0.1) is 16.6 Å². The first-order valence-corrected chi connectivity index (χ1v) is 9.15. The van der Waals surface area contributed by atoms with Crippen molar-refractivity contribution in [3.05, 3.63) is 64.1 Å². The van der Waals surface area contributed by atoms with E-state index in [1.807, 2.05) is 0 Å². The summed E-state index contributed by atoms with van der Waals surface area (Å²) in [6.45, 7) is 0. The summed E-state index contributed by atoms with van der Waals surface area (Å²) in [6, 6.07) is 8.25. The molecule has 2 heterocycles. The van der Waals surface area contributed by atoms with Crippen LogP contribution in [-0.2, 0) is 6.18 Å². The molecule has 4 rings (SSSR count). The van der Waals surface area contributed by atoms with Crippen molar-refractivity contribution in [2.45, 2.75) is 6.18 Å². The molecule has 2 aromatic carbocycles. The van der Waals surface area contributed by atoms with Gasteiger partial charge in [-0.1, -0.05) is 17.7 Å². The average Bonchev–Trinajstić information content (AvgIpc) is 3.29. The summed E-state index contributed by atoms with van der Waals surface area (Å²) in [7, 11) is 0. The van der Waals surface area contributed by atoms with E-state index < -0.39 is 17.6 Å². The molecule has 0 saturated heterocycles. The summed E-state index contributed by atoms with van der Waals surface area (Å²) in [4.78, 5) is 23.6. The van der Waals surface area contributed by atoms with Crippen molar-refractivity contribution in [2.24, 2.45) is 0 Å². The van der Waals surface area contributed by atoms with Gasteiger partial charge in [-0.15, -0.1) is 11.3 Å². The number of thiazole rings is 1. The number of aromatic nitrogens is 3. The Hall–Kier alpha value is -2.91. The van der Waals surface area contributed by atoms with Crippen LogP contribution < -0.4 is 5.32 Å². The highest BCUT2D eigenvalue weighted by atomic mass is 35.5. The minimum absolute atomic E-state index is 0.00603. The van der Waals surface area contributed by atoms with Crippen LogP contribution in [0.2, 0.25) is 5.02 Å². The van der Waals surface area contributed by atoms with Gasteiger partial charge in [0.1, 0.15) is 11.3 Å². The molecule has 0 saturated carbocycles. The maximum Gasteiger partial charge on any atom is 0.417 e. The number of anilines is 1. The molecular formula is C18H10ClF3N4OS. The van der Waals surface area contributed by atoms with E-state index >= 15 is 0 Å². The molecule has 0 bridgehead atoms. The molecule has 2 N–H and O–H groups in total. The molecule has 2 aromatic heterocycles. The molecule has 142 valence electrons. The lowest BCUT2D eigenvalue weighted by atomic mass is 10.1. The second kappa shape index (κ2) is 6.92. The van der Waals surface area contributed by atoms with Gasteiger partial charge in [-0.25, -0.2) is 9.97 Å². The van der Waals surface area contributed by atoms with E-state index in [1.165, 1.54) is 23.5 Å². The molecule has 5 nitrogen and oxygen atoms in total. The van der Waals surface area contributed by atoms with Gasteiger partial charge >= 0.3 is 6.18 Å². The van der Waals surface area contributed by atoms with Crippen LogP contribution in [0.25, 0.3) is 22.4 Å². The largest absolute Gasteiger partial charge is 0.417 e. The van der Waals surface area contributed by atoms with Crippen LogP contribution in [0.15, 0.2) is 48.0 Å². The van der Waals surface area contributed by atoms with Crippen molar-refractivity contribution in [2.75, 3.05) is 5.32 Å². The second-order valence-corrected chi connectivity index (χ2v) is 7.10. The van der Waals surface area contributed by atoms with Gasteiger partial charge < -0.3 is 4.98 Å². The minimum atomic E-state index is -4.61. The van der Waals surface area contributed by atoms with Crippen LogP contribution in [0.3, 0.4) is 0 Å². The number of hydrogen-bond donors (Lipinski definition) is 2. The number of carbonyl (C=O) groups is 1. The van der Waals surface area contributed by atoms with Crippen molar-refractivity contribution in [3.8, 4) is 11.4 Å². The number of rotatable bonds is 3. The standard InChI is InChI=1S/C18H10ClF3N4OS/c19-9-4-5-10(12(8-9)18(20,21)22)15-24-13-3-1-2-11(14(13)25-15)16(27)26-17-23-6-7-28-17/h1-8H,(H,24,25)(H,23,26,27). The fraction of sp³-hybridized carbons (Fsp3) is 0.0556. The highest BCUT2D eigenvalue weighted by Crippen LogP contribution is 2.38. The Bertz CT molecular complexity index is 1170. The number of carbonyl (C=O) groups excluding carboxylic acids is 1. The molecule has 0 aliphatic rings. The minimum Gasteiger partial charge on any atom is -0.338 e. The fourth-order valence-corrected chi connectivity index (χ4v) is 3.45. The second-order valence-electron chi connectivity index (χ2n) is 5.77. The molecule has 4 aromatic rings. The monoisotopic (exact) mass is 422 g/mol. The molecule has 0 aliphatic heterocycles. The van der Waals surface area contributed by atoms with Crippen LogP contribution in [0.4, 0.5) is 18.3 Å². The number of amides is 1. The van der Waals surface area contributed by atoms with Gasteiger partial charge in [0.25, 0.3) is 5.91 Å².